The molecule has 7 rings (SSSR count). The molecule has 178 valence electrons. The van der Waals surface area contributed by atoms with Gasteiger partial charge in [0.2, 0.25) is 5.91 Å². The summed E-state index contributed by atoms with van der Waals surface area (Å²) in [5.41, 5.74) is 1.64. The van der Waals surface area contributed by atoms with Gasteiger partial charge >= 0.3 is 6.18 Å². The van der Waals surface area contributed by atoms with Crippen molar-refractivity contribution < 1.29 is 22.7 Å². The molecule has 5 fully saturated rings. The first-order valence-corrected chi connectivity index (χ1v) is 12.1. The van der Waals surface area contributed by atoms with E-state index in [4.69, 9.17) is 4.74 Å². The molecule has 2 heterocycles. The van der Waals surface area contributed by atoms with Gasteiger partial charge in [-0.25, -0.2) is 0 Å². The molecule has 2 bridgehead atoms. The van der Waals surface area contributed by atoms with E-state index in [1.165, 1.54) is 0 Å². The van der Waals surface area contributed by atoms with E-state index in [9.17, 15) is 18.0 Å². The van der Waals surface area contributed by atoms with Crippen LogP contribution >= 0.6 is 0 Å². The van der Waals surface area contributed by atoms with Crippen LogP contribution in [0, 0.1) is 29.1 Å². The molecule has 1 amide bonds. The van der Waals surface area contributed by atoms with E-state index in [0.717, 1.165) is 66.8 Å². The number of nitrogens with one attached hydrogen (secondary N) is 2. The van der Waals surface area contributed by atoms with Crippen molar-refractivity contribution in [1.29, 1.82) is 0 Å². The molecule has 0 radical (unpaired) electrons. The van der Waals surface area contributed by atoms with Crippen molar-refractivity contribution >= 4 is 22.5 Å². The van der Waals surface area contributed by atoms with E-state index in [1.807, 2.05) is 24.4 Å². The van der Waals surface area contributed by atoms with Crippen LogP contribution in [0.4, 0.5) is 18.9 Å². The predicted molar refractivity (Wildman–Crippen MR) is 119 cm³/mol. The Morgan fingerprint density at radius 2 is 1.91 bits per heavy atom. The first-order chi connectivity index (χ1) is 15.8. The van der Waals surface area contributed by atoms with E-state index >= 15 is 0 Å². The van der Waals surface area contributed by atoms with Gasteiger partial charge in [-0.15, -0.1) is 0 Å². The summed E-state index contributed by atoms with van der Waals surface area (Å²) in [4.78, 5) is 17.4. The lowest BCUT2D eigenvalue weighted by Crippen LogP contribution is -2.58. The lowest BCUT2D eigenvalue weighted by Gasteiger charge is -2.60. The SMILES string of the molecule is O=C(Nc1c[nH]c2ccc(OCCC3CC4CN(CC(F)(F)F)CC4C3)cc12)C12CC(C1)C2. The number of amides is 1. The molecule has 2 unspecified atom stereocenters. The zero-order chi connectivity index (χ0) is 22.8. The summed E-state index contributed by atoms with van der Waals surface area (Å²) in [6, 6.07) is 5.88. The molecule has 1 aromatic heterocycles. The average Bonchev–Trinajstić information content (AvgIpc) is 3.31. The summed E-state index contributed by atoms with van der Waals surface area (Å²) in [7, 11) is 0. The van der Waals surface area contributed by atoms with Crippen molar-refractivity contribution in [3.63, 3.8) is 0 Å². The molecule has 5 aliphatic rings. The lowest BCUT2D eigenvalue weighted by molar-refractivity contribution is -0.158. The number of fused-ring (bicyclic) bond motifs is 2. The minimum Gasteiger partial charge on any atom is -0.494 e. The van der Waals surface area contributed by atoms with E-state index < -0.39 is 12.7 Å². The standard InChI is InChI=1S/C25H30F3N3O2/c26-25(27,28)14-31-12-17-5-15(6-18(17)13-31)3-4-33-19-1-2-21-20(7-19)22(11-29-21)30-23(32)24-8-16(9-24)10-24/h1-2,7,11,15-18,29H,3-6,8-10,12-14H2,(H,30,32). The molecule has 8 heteroatoms. The van der Waals surface area contributed by atoms with Crippen LogP contribution in [0.2, 0.25) is 0 Å². The molecule has 2 N–H and O–H groups in total. The Labute approximate surface area is 191 Å². The van der Waals surface area contributed by atoms with Gasteiger partial charge < -0.3 is 15.0 Å². The highest BCUT2D eigenvalue weighted by molar-refractivity contribution is 6.04. The third-order valence-corrected chi connectivity index (χ3v) is 8.54. The normalized spacial score (nSPS) is 32.9. The summed E-state index contributed by atoms with van der Waals surface area (Å²) in [6.07, 6.45) is 3.74. The van der Waals surface area contributed by atoms with E-state index in [1.54, 1.807) is 4.90 Å². The molecule has 4 aliphatic carbocycles. The number of alkyl halides is 3. The number of nitrogens with zero attached hydrogens (tertiary/aromatic N) is 1. The number of H-pyrrole nitrogens is 1. The third kappa shape index (κ3) is 4.00. The molecular formula is C25H30F3N3O2. The molecule has 2 aromatic rings. The number of benzene rings is 1. The monoisotopic (exact) mass is 461 g/mol. The summed E-state index contributed by atoms with van der Waals surface area (Å²) >= 11 is 0. The third-order valence-electron chi connectivity index (χ3n) is 8.54. The van der Waals surface area contributed by atoms with Gasteiger partial charge in [0.15, 0.2) is 0 Å². The summed E-state index contributed by atoms with van der Waals surface area (Å²) < 4.78 is 44.0. The van der Waals surface area contributed by atoms with Crippen molar-refractivity contribution in [3.05, 3.63) is 24.4 Å². The predicted octanol–water partition coefficient (Wildman–Crippen LogP) is 5.20. The maximum atomic E-state index is 12.7. The van der Waals surface area contributed by atoms with Crippen LogP contribution in [0.25, 0.3) is 10.9 Å². The number of likely N-dealkylation sites (tertiary alicyclic amines) is 1. The van der Waals surface area contributed by atoms with Gasteiger partial charge in [0.05, 0.1) is 24.3 Å². The van der Waals surface area contributed by atoms with Crippen LogP contribution < -0.4 is 10.1 Å². The first kappa shape index (κ1) is 21.3. The van der Waals surface area contributed by atoms with Gasteiger partial charge in [0, 0.05) is 30.2 Å². The molecule has 1 saturated heterocycles. The number of halogens is 3. The number of aromatic nitrogens is 1. The Morgan fingerprint density at radius 1 is 1.18 bits per heavy atom. The fraction of sp³-hybridized carbons (Fsp3) is 0.640. The summed E-state index contributed by atoms with van der Waals surface area (Å²) in [6.45, 7) is 0.960. The van der Waals surface area contributed by atoms with Crippen molar-refractivity contribution in [2.75, 3.05) is 31.6 Å². The Kier molecular flexibility index (Phi) is 4.94. The van der Waals surface area contributed by atoms with Gasteiger partial charge in [-0.05, 0) is 80.4 Å². The van der Waals surface area contributed by atoms with E-state index in [-0.39, 0.29) is 11.3 Å². The smallest absolute Gasteiger partial charge is 0.401 e. The van der Waals surface area contributed by atoms with E-state index in [0.29, 0.717) is 37.5 Å². The van der Waals surface area contributed by atoms with Gasteiger partial charge in [-0.3, -0.25) is 9.69 Å². The number of hydrogen-bond donors (Lipinski definition) is 2. The average molecular weight is 462 g/mol. The zero-order valence-corrected chi connectivity index (χ0v) is 18.6. The second kappa shape index (κ2) is 7.65. The highest BCUT2D eigenvalue weighted by Crippen LogP contribution is 2.64. The van der Waals surface area contributed by atoms with Crippen LogP contribution in [0.5, 0.6) is 5.75 Å². The van der Waals surface area contributed by atoms with Crippen LogP contribution in [0.1, 0.15) is 38.5 Å². The van der Waals surface area contributed by atoms with Crippen molar-refractivity contribution in [1.82, 2.24) is 9.88 Å². The fourth-order valence-corrected chi connectivity index (χ4v) is 6.79. The molecule has 1 aromatic carbocycles. The van der Waals surface area contributed by atoms with Crippen LogP contribution in [0.3, 0.4) is 0 Å². The van der Waals surface area contributed by atoms with Gasteiger partial charge in [-0.1, -0.05) is 0 Å². The van der Waals surface area contributed by atoms with E-state index in [2.05, 4.69) is 10.3 Å². The second-order valence-corrected chi connectivity index (χ2v) is 10.9. The zero-order valence-electron chi connectivity index (χ0n) is 18.6. The Balaban J connectivity index is 1.00. The lowest BCUT2D eigenvalue weighted by atomic mass is 9.44. The maximum absolute atomic E-state index is 12.7. The first-order valence-electron chi connectivity index (χ1n) is 12.1. The van der Waals surface area contributed by atoms with Gasteiger partial charge in [-0.2, -0.15) is 13.2 Å². The molecule has 1 aliphatic heterocycles. The largest absolute Gasteiger partial charge is 0.494 e. The summed E-state index contributed by atoms with van der Waals surface area (Å²) in [5, 5.41) is 4.06. The van der Waals surface area contributed by atoms with Crippen molar-refractivity contribution in [2.45, 2.75) is 44.7 Å². The number of carbonyl (C=O) groups is 1. The molecular weight excluding hydrogens is 431 g/mol. The number of carbonyl (C=O) groups excluding carboxylic acids is 1. The highest BCUT2D eigenvalue weighted by Gasteiger charge is 2.61. The Morgan fingerprint density at radius 3 is 2.55 bits per heavy atom. The molecule has 2 atom stereocenters. The molecule has 33 heavy (non-hydrogen) atoms. The summed E-state index contributed by atoms with van der Waals surface area (Å²) in [5.74, 6) is 2.97. The van der Waals surface area contributed by atoms with Crippen LogP contribution in [-0.4, -0.2) is 48.2 Å². The highest BCUT2D eigenvalue weighted by atomic mass is 19.4. The second-order valence-electron chi connectivity index (χ2n) is 10.9. The number of hydrogen-bond acceptors (Lipinski definition) is 3. The van der Waals surface area contributed by atoms with Gasteiger partial charge in [0.1, 0.15) is 5.75 Å². The van der Waals surface area contributed by atoms with Gasteiger partial charge in [0.25, 0.3) is 0 Å². The minimum atomic E-state index is -4.10. The number of aromatic amines is 1. The molecule has 0 spiro atoms. The number of ether oxygens (including phenoxy) is 1. The number of rotatable bonds is 7. The van der Waals surface area contributed by atoms with Crippen molar-refractivity contribution in [3.8, 4) is 5.75 Å². The quantitative estimate of drug-likeness (QED) is 0.596. The molecule has 4 saturated carbocycles. The minimum absolute atomic E-state index is 0.119. The topological polar surface area (TPSA) is 57.4 Å². The van der Waals surface area contributed by atoms with Crippen LogP contribution in [-0.2, 0) is 4.79 Å². The van der Waals surface area contributed by atoms with Crippen molar-refractivity contribution in [2.24, 2.45) is 29.1 Å². The number of anilines is 1. The van der Waals surface area contributed by atoms with Crippen LogP contribution in [0.15, 0.2) is 24.4 Å². The molecule has 5 nitrogen and oxygen atoms in total. The Hall–Kier alpha value is -2.22. The fourth-order valence-electron chi connectivity index (χ4n) is 6.79. The maximum Gasteiger partial charge on any atom is 0.401 e. The Bertz CT molecular complexity index is 1030.